The summed E-state index contributed by atoms with van der Waals surface area (Å²) in [6, 6.07) is 0.424. The Hall–Kier alpha value is -0.350. The van der Waals surface area contributed by atoms with Crippen LogP contribution >= 0.6 is 15.9 Å². The Bertz CT molecular complexity index is 369. The van der Waals surface area contributed by atoms with Gasteiger partial charge in [0.2, 0.25) is 0 Å². The van der Waals surface area contributed by atoms with Crippen LogP contribution in [0.25, 0.3) is 0 Å². The summed E-state index contributed by atoms with van der Waals surface area (Å²) in [5, 5.41) is 4.39. The van der Waals surface area contributed by atoms with Crippen LogP contribution in [0.1, 0.15) is 37.1 Å². The molecule has 2 rings (SSSR count). The third kappa shape index (κ3) is 2.66. The van der Waals surface area contributed by atoms with Crippen LogP contribution in [-0.2, 0) is 13.5 Å². The molecule has 16 heavy (non-hydrogen) atoms. The molecule has 1 aromatic rings. The minimum atomic E-state index is 0.424. The highest BCUT2D eigenvalue weighted by Gasteiger charge is 2.27. The predicted molar refractivity (Wildman–Crippen MR) is 69.3 cm³/mol. The Balaban J connectivity index is 1.84. The standard InChI is InChI=1S/C12H20BrN3/c1-8-12(13)11(16(2)15-8)5-3-4-10(14)9-6-7-9/h9-10H,3-7,14H2,1-2H3. The number of nitrogens with zero attached hydrogens (tertiary/aromatic N) is 2. The second kappa shape index (κ2) is 4.88. The molecule has 4 heteroatoms. The first-order valence-corrected chi connectivity index (χ1v) is 6.82. The van der Waals surface area contributed by atoms with Crippen molar-refractivity contribution in [2.24, 2.45) is 18.7 Å². The first-order chi connectivity index (χ1) is 7.59. The third-order valence-corrected chi connectivity index (χ3v) is 4.47. The van der Waals surface area contributed by atoms with E-state index in [1.165, 1.54) is 18.5 Å². The van der Waals surface area contributed by atoms with Crippen molar-refractivity contribution in [3.05, 3.63) is 15.9 Å². The van der Waals surface area contributed by atoms with Gasteiger partial charge in [0.15, 0.2) is 0 Å². The van der Waals surface area contributed by atoms with E-state index in [0.717, 1.165) is 35.3 Å². The monoisotopic (exact) mass is 285 g/mol. The Kier molecular flexibility index (Phi) is 3.70. The molecule has 0 bridgehead atoms. The van der Waals surface area contributed by atoms with Crippen LogP contribution < -0.4 is 5.73 Å². The Morgan fingerprint density at radius 1 is 1.56 bits per heavy atom. The summed E-state index contributed by atoms with van der Waals surface area (Å²) in [6.45, 7) is 2.03. The highest BCUT2D eigenvalue weighted by molar-refractivity contribution is 9.10. The molecular weight excluding hydrogens is 266 g/mol. The molecule has 0 radical (unpaired) electrons. The molecule has 1 unspecified atom stereocenters. The second-order valence-electron chi connectivity index (χ2n) is 4.86. The molecule has 1 fully saturated rings. The van der Waals surface area contributed by atoms with Gasteiger partial charge in [0, 0.05) is 13.1 Å². The summed E-state index contributed by atoms with van der Waals surface area (Å²) in [5.41, 5.74) is 8.46. The van der Waals surface area contributed by atoms with E-state index >= 15 is 0 Å². The van der Waals surface area contributed by atoms with Crippen LogP contribution in [0.3, 0.4) is 0 Å². The topological polar surface area (TPSA) is 43.8 Å². The van der Waals surface area contributed by atoms with Gasteiger partial charge in [-0.05, 0) is 60.9 Å². The number of aromatic nitrogens is 2. The molecule has 3 nitrogen and oxygen atoms in total. The fourth-order valence-corrected chi connectivity index (χ4v) is 2.75. The zero-order chi connectivity index (χ0) is 11.7. The first kappa shape index (κ1) is 12.1. The Labute approximate surface area is 106 Å². The lowest BCUT2D eigenvalue weighted by Crippen LogP contribution is -2.22. The van der Waals surface area contributed by atoms with Gasteiger partial charge in [-0.3, -0.25) is 4.68 Å². The van der Waals surface area contributed by atoms with E-state index in [9.17, 15) is 0 Å². The molecule has 1 aliphatic rings. The second-order valence-corrected chi connectivity index (χ2v) is 5.66. The average Bonchev–Trinajstić information content (AvgIpc) is 3.02. The third-order valence-electron chi connectivity index (χ3n) is 3.44. The zero-order valence-corrected chi connectivity index (χ0v) is 11.6. The van der Waals surface area contributed by atoms with Gasteiger partial charge in [-0.25, -0.2) is 0 Å². The SMILES string of the molecule is Cc1nn(C)c(CCCC(N)C2CC2)c1Br. The van der Waals surface area contributed by atoms with Crippen molar-refractivity contribution >= 4 is 15.9 Å². The normalized spacial score (nSPS) is 17.8. The summed E-state index contributed by atoms with van der Waals surface area (Å²) < 4.78 is 3.14. The van der Waals surface area contributed by atoms with Crippen LogP contribution in [0.15, 0.2) is 4.47 Å². The van der Waals surface area contributed by atoms with Gasteiger partial charge in [-0.15, -0.1) is 0 Å². The molecule has 0 aromatic carbocycles. The summed E-state index contributed by atoms with van der Waals surface area (Å²) in [6.07, 6.45) is 6.06. The predicted octanol–water partition coefficient (Wildman–Crippen LogP) is 2.55. The van der Waals surface area contributed by atoms with E-state index in [4.69, 9.17) is 5.73 Å². The number of aryl methyl sites for hydroxylation is 2. The molecule has 1 aromatic heterocycles. The maximum Gasteiger partial charge on any atom is 0.0738 e. The molecule has 0 aliphatic heterocycles. The number of hydrogen-bond donors (Lipinski definition) is 1. The largest absolute Gasteiger partial charge is 0.327 e. The van der Waals surface area contributed by atoms with Crippen LogP contribution in [0.2, 0.25) is 0 Å². The van der Waals surface area contributed by atoms with Crippen molar-refractivity contribution in [1.82, 2.24) is 9.78 Å². The molecule has 1 aliphatic carbocycles. The number of hydrogen-bond acceptors (Lipinski definition) is 2. The molecular formula is C12H20BrN3. The maximum absolute atomic E-state index is 6.09. The van der Waals surface area contributed by atoms with E-state index in [-0.39, 0.29) is 0 Å². The fraction of sp³-hybridized carbons (Fsp3) is 0.750. The molecule has 2 N–H and O–H groups in total. The van der Waals surface area contributed by atoms with Crippen molar-refractivity contribution in [2.75, 3.05) is 0 Å². The minimum absolute atomic E-state index is 0.424. The highest BCUT2D eigenvalue weighted by atomic mass is 79.9. The van der Waals surface area contributed by atoms with Gasteiger partial charge in [0.1, 0.15) is 0 Å². The van der Waals surface area contributed by atoms with Crippen molar-refractivity contribution in [1.29, 1.82) is 0 Å². The molecule has 90 valence electrons. The summed E-state index contributed by atoms with van der Waals surface area (Å²) in [7, 11) is 2.01. The van der Waals surface area contributed by atoms with E-state index in [0.29, 0.717) is 6.04 Å². The first-order valence-electron chi connectivity index (χ1n) is 6.03. The molecule has 0 amide bonds. The van der Waals surface area contributed by atoms with Gasteiger partial charge in [-0.1, -0.05) is 0 Å². The smallest absolute Gasteiger partial charge is 0.0738 e. The molecule has 1 saturated carbocycles. The van der Waals surface area contributed by atoms with Crippen LogP contribution in [0.5, 0.6) is 0 Å². The summed E-state index contributed by atoms with van der Waals surface area (Å²) in [5.74, 6) is 0.816. The lowest BCUT2D eigenvalue weighted by Gasteiger charge is -2.09. The summed E-state index contributed by atoms with van der Waals surface area (Å²) >= 11 is 3.59. The molecule has 0 saturated heterocycles. The van der Waals surface area contributed by atoms with Crippen molar-refractivity contribution < 1.29 is 0 Å². The minimum Gasteiger partial charge on any atom is -0.327 e. The van der Waals surface area contributed by atoms with Crippen molar-refractivity contribution in [3.63, 3.8) is 0 Å². The van der Waals surface area contributed by atoms with Crippen molar-refractivity contribution in [3.8, 4) is 0 Å². The van der Waals surface area contributed by atoms with E-state index < -0.39 is 0 Å². The molecule has 1 atom stereocenters. The van der Waals surface area contributed by atoms with Gasteiger partial charge < -0.3 is 5.73 Å². The number of rotatable bonds is 5. The van der Waals surface area contributed by atoms with Crippen LogP contribution in [0, 0.1) is 12.8 Å². The van der Waals surface area contributed by atoms with E-state index in [1.54, 1.807) is 0 Å². The maximum atomic E-state index is 6.09. The Morgan fingerprint density at radius 2 is 2.25 bits per heavy atom. The average molecular weight is 286 g/mol. The number of halogens is 1. The van der Waals surface area contributed by atoms with Crippen LogP contribution in [0.4, 0.5) is 0 Å². The lowest BCUT2D eigenvalue weighted by molar-refractivity contribution is 0.521. The molecule has 0 spiro atoms. The van der Waals surface area contributed by atoms with Gasteiger partial charge in [-0.2, -0.15) is 5.10 Å². The van der Waals surface area contributed by atoms with Crippen LogP contribution in [-0.4, -0.2) is 15.8 Å². The van der Waals surface area contributed by atoms with E-state index in [2.05, 4.69) is 21.0 Å². The van der Waals surface area contributed by atoms with E-state index in [1.807, 2.05) is 18.7 Å². The zero-order valence-electron chi connectivity index (χ0n) is 10.0. The fourth-order valence-electron chi connectivity index (χ4n) is 2.22. The lowest BCUT2D eigenvalue weighted by atomic mass is 10.1. The quantitative estimate of drug-likeness (QED) is 0.904. The van der Waals surface area contributed by atoms with Gasteiger partial charge in [0.25, 0.3) is 0 Å². The molecule has 1 heterocycles. The Morgan fingerprint density at radius 3 is 2.75 bits per heavy atom. The van der Waals surface area contributed by atoms with Gasteiger partial charge >= 0.3 is 0 Å². The van der Waals surface area contributed by atoms with Gasteiger partial charge in [0.05, 0.1) is 15.9 Å². The summed E-state index contributed by atoms with van der Waals surface area (Å²) in [4.78, 5) is 0. The van der Waals surface area contributed by atoms with Crippen molar-refractivity contribution in [2.45, 2.75) is 45.1 Å². The number of nitrogens with two attached hydrogens (primary N) is 1. The highest BCUT2D eigenvalue weighted by Crippen LogP contribution is 2.33.